The Morgan fingerprint density at radius 2 is 1.58 bits per heavy atom. The van der Waals surface area contributed by atoms with Gasteiger partial charge in [0.25, 0.3) is 0 Å². The molecular formula is C26H37F6N5O. The van der Waals surface area contributed by atoms with E-state index < -0.39 is 41.3 Å². The van der Waals surface area contributed by atoms with Crippen LogP contribution in [0.3, 0.4) is 0 Å². The topological polar surface area (TPSA) is 77.7 Å². The number of rotatable bonds is 11. The predicted molar refractivity (Wildman–Crippen MR) is 135 cm³/mol. The van der Waals surface area contributed by atoms with E-state index in [1.165, 1.54) is 6.07 Å². The number of hydrogen-bond acceptors (Lipinski definition) is 6. The molecule has 3 rings (SSSR count). The Kier molecular flexibility index (Phi) is 10.4. The quantitative estimate of drug-likeness (QED) is 0.287. The van der Waals surface area contributed by atoms with Crippen LogP contribution in [0.4, 0.5) is 26.3 Å². The summed E-state index contributed by atoms with van der Waals surface area (Å²) in [5, 5.41) is 14.3. The molecule has 4 N–H and O–H groups in total. The number of nitrogens with zero attached hydrogens (tertiary/aromatic N) is 3. The van der Waals surface area contributed by atoms with Gasteiger partial charge in [0.15, 0.2) is 0 Å². The third kappa shape index (κ3) is 7.78. The Bertz CT molecular complexity index is 1040. The molecule has 1 aliphatic rings. The fraction of sp³-hybridized carbons (Fsp3) is 0.654. The van der Waals surface area contributed by atoms with Gasteiger partial charge in [-0.25, -0.2) is 4.98 Å². The summed E-state index contributed by atoms with van der Waals surface area (Å²) in [6.45, 7) is 10.4. The van der Waals surface area contributed by atoms with Crippen molar-refractivity contribution in [1.29, 1.82) is 0 Å². The summed E-state index contributed by atoms with van der Waals surface area (Å²) in [4.78, 5) is 8.04. The molecule has 0 aliphatic carbocycles. The molecule has 0 spiro atoms. The van der Waals surface area contributed by atoms with Gasteiger partial charge in [0.2, 0.25) is 0 Å². The summed E-state index contributed by atoms with van der Waals surface area (Å²) >= 11 is 0. The van der Waals surface area contributed by atoms with Crippen LogP contribution in [0.25, 0.3) is 10.9 Å². The van der Waals surface area contributed by atoms with E-state index >= 15 is 0 Å². The third-order valence-electron chi connectivity index (χ3n) is 7.02. The SMILES string of the molecule is CC(C)C(NCCCN1CCN(CCCN)CC1)[C@@H](O)c1cc(C(F)(F)F)nc2c(C(F)(F)F)cccc12. The van der Waals surface area contributed by atoms with Gasteiger partial charge in [0.05, 0.1) is 17.2 Å². The highest BCUT2D eigenvalue weighted by Crippen LogP contribution is 2.39. The molecule has 0 radical (unpaired) electrons. The van der Waals surface area contributed by atoms with Crippen LogP contribution in [-0.2, 0) is 12.4 Å². The second kappa shape index (κ2) is 12.9. The van der Waals surface area contributed by atoms with Crippen molar-refractivity contribution < 1.29 is 31.4 Å². The molecule has 2 atom stereocenters. The van der Waals surface area contributed by atoms with Crippen molar-refractivity contribution in [3.8, 4) is 0 Å². The van der Waals surface area contributed by atoms with E-state index in [-0.39, 0.29) is 16.9 Å². The van der Waals surface area contributed by atoms with Gasteiger partial charge >= 0.3 is 12.4 Å². The Morgan fingerprint density at radius 3 is 2.11 bits per heavy atom. The van der Waals surface area contributed by atoms with Crippen LogP contribution >= 0.6 is 0 Å². The maximum absolute atomic E-state index is 13.6. The first kappa shape index (κ1) is 30.6. The number of aromatic nitrogens is 1. The van der Waals surface area contributed by atoms with Crippen LogP contribution in [0, 0.1) is 5.92 Å². The number of aliphatic hydroxyl groups excluding tert-OH is 1. The highest BCUT2D eigenvalue weighted by atomic mass is 19.4. The molecule has 0 bridgehead atoms. The molecule has 6 nitrogen and oxygen atoms in total. The number of hydrogen-bond donors (Lipinski definition) is 3. The lowest BCUT2D eigenvalue weighted by Gasteiger charge is -2.35. The van der Waals surface area contributed by atoms with Crippen LogP contribution in [-0.4, -0.2) is 78.3 Å². The normalized spacial score (nSPS) is 17.9. The van der Waals surface area contributed by atoms with E-state index in [1.807, 2.05) is 0 Å². The van der Waals surface area contributed by atoms with Crippen LogP contribution in [0.5, 0.6) is 0 Å². The molecular weight excluding hydrogens is 512 g/mol. The minimum absolute atomic E-state index is 0.153. The summed E-state index contributed by atoms with van der Waals surface area (Å²) < 4.78 is 81.6. The maximum Gasteiger partial charge on any atom is 0.433 e. The highest BCUT2D eigenvalue weighted by molar-refractivity contribution is 5.86. The van der Waals surface area contributed by atoms with E-state index in [1.54, 1.807) is 13.8 Å². The van der Waals surface area contributed by atoms with Gasteiger partial charge in [-0.3, -0.25) is 0 Å². The number of halogens is 6. The molecule has 1 unspecified atom stereocenters. The Morgan fingerprint density at radius 1 is 0.974 bits per heavy atom. The zero-order valence-corrected chi connectivity index (χ0v) is 21.7. The number of aliphatic hydroxyl groups is 1. The van der Waals surface area contributed by atoms with Gasteiger partial charge in [0, 0.05) is 37.6 Å². The number of fused-ring (bicyclic) bond motifs is 1. The van der Waals surface area contributed by atoms with Crippen molar-refractivity contribution in [1.82, 2.24) is 20.1 Å². The summed E-state index contributed by atoms with van der Waals surface area (Å²) in [6, 6.07) is 3.06. The number of nitrogens with two attached hydrogens (primary N) is 1. The lowest BCUT2D eigenvalue weighted by molar-refractivity contribution is -0.142. The van der Waals surface area contributed by atoms with Crippen molar-refractivity contribution in [3.05, 3.63) is 41.1 Å². The molecule has 1 aromatic carbocycles. The fourth-order valence-corrected chi connectivity index (χ4v) is 4.92. The molecule has 2 heterocycles. The zero-order valence-electron chi connectivity index (χ0n) is 21.7. The molecule has 214 valence electrons. The maximum atomic E-state index is 13.6. The van der Waals surface area contributed by atoms with E-state index in [0.717, 1.165) is 58.2 Å². The molecule has 38 heavy (non-hydrogen) atoms. The minimum Gasteiger partial charge on any atom is -0.387 e. The molecule has 1 aromatic heterocycles. The van der Waals surface area contributed by atoms with E-state index in [9.17, 15) is 31.4 Å². The van der Waals surface area contributed by atoms with Gasteiger partial charge in [-0.2, -0.15) is 26.3 Å². The number of nitrogens with one attached hydrogen (secondary N) is 1. The molecule has 2 aromatic rings. The fourth-order valence-electron chi connectivity index (χ4n) is 4.92. The first-order chi connectivity index (χ1) is 17.8. The van der Waals surface area contributed by atoms with Gasteiger partial charge in [0.1, 0.15) is 5.69 Å². The van der Waals surface area contributed by atoms with Gasteiger partial charge in [-0.15, -0.1) is 0 Å². The smallest absolute Gasteiger partial charge is 0.387 e. The lowest BCUT2D eigenvalue weighted by atomic mass is 9.90. The first-order valence-corrected chi connectivity index (χ1v) is 13.0. The number of pyridine rings is 1. The van der Waals surface area contributed by atoms with Crippen LogP contribution in [0.1, 0.15) is 49.6 Å². The van der Waals surface area contributed by atoms with E-state index in [2.05, 4.69) is 20.1 Å². The molecule has 1 fully saturated rings. The third-order valence-corrected chi connectivity index (χ3v) is 7.02. The molecule has 0 saturated carbocycles. The summed E-state index contributed by atoms with van der Waals surface area (Å²) in [6.07, 6.45) is -9.63. The van der Waals surface area contributed by atoms with Crippen molar-refractivity contribution >= 4 is 10.9 Å². The summed E-state index contributed by atoms with van der Waals surface area (Å²) in [5.74, 6) is -0.209. The van der Waals surface area contributed by atoms with Crippen molar-refractivity contribution in [2.75, 3.05) is 52.4 Å². The second-order valence-electron chi connectivity index (χ2n) is 10.1. The Labute approximate surface area is 219 Å². The largest absolute Gasteiger partial charge is 0.433 e. The lowest BCUT2D eigenvalue weighted by Crippen LogP contribution is -2.47. The molecule has 0 amide bonds. The van der Waals surface area contributed by atoms with Crippen LogP contribution in [0.15, 0.2) is 24.3 Å². The Balaban J connectivity index is 1.74. The molecule has 1 aliphatic heterocycles. The van der Waals surface area contributed by atoms with Crippen LogP contribution < -0.4 is 11.1 Å². The number of para-hydroxylation sites is 1. The van der Waals surface area contributed by atoms with Crippen molar-refractivity contribution in [2.45, 2.75) is 51.2 Å². The number of benzene rings is 1. The van der Waals surface area contributed by atoms with Gasteiger partial charge in [-0.1, -0.05) is 26.0 Å². The van der Waals surface area contributed by atoms with Crippen LogP contribution in [0.2, 0.25) is 0 Å². The van der Waals surface area contributed by atoms with Gasteiger partial charge < -0.3 is 26.0 Å². The molecule has 12 heteroatoms. The van der Waals surface area contributed by atoms with E-state index in [4.69, 9.17) is 5.73 Å². The monoisotopic (exact) mass is 549 g/mol. The predicted octanol–water partition coefficient (Wildman–Crippen LogP) is 4.28. The highest BCUT2D eigenvalue weighted by Gasteiger charge is 2.39. The Hall–Kier alpha value is -1.99. The number of alkyl halides is 6. The summed E-state index contributed by atoms with van der Waals surface area (Å²) in [5.41, 5.74) is 1.78. The molecule has 1 saturated heterocycles. The van der Waals surface area contributed by atoms with Gasteiger partial charge in [-0.05, 0) is 62.6 Å². The number of piperazine rings is 1. The van der Waals surface area contributed by atoms with E-state index in [0.29, 0.717) is 25.2 Å². The second-order valence-corrected chi connectivity index (χ2v) is 10.1. The van der Waals surface area contributed by atoms with Crippen molar-refractivity contribution in [3.63, 3.8) is 0 Å². The zero-order chi connectivity index (χ0) is 28.1. The van der Waals surface area contributed by atoms with Crippen molar-refractivity contribution in [2.24, 2.45) is 11.7 Å². The average molecular weight is 550 g/mol. The summed E-state index contributed by atoms with van der Waals surface area (Å²) in [7, 11) is 0. The minimum atomic E-state index is -4.98. The first-order valence-electron chi connectivity index (χ1n) is 13.0. The standard InChI is InChI=1S/C26H37F6N5O/c1-17(2)22(34-9-5-11-37-14-12-36(13-15-37)10-4-8-33)24(38)19-16-21(26(30,31)32)35-23-18(19)6-3-7-20(23)25(27,28)29/h3,6-7,16-17,22,24,34,38H,4-5,8-15,33H2,1-2H3/t22?,24-/m0/s1. The average Bonchev–Trinajstić information content (AvgIpc) is 2.85.